The monoisotopic (exact) mass is 261 g/mol. The molecule has 0 fully saturated rings. The number of aryl methyl sites for hydroxylation is 1. The maximum Gasteiger partial charge on any atom is 0.270 e. The van der Waals surface area contributed by atoms with Gasteiger partial charge in [-0.2, -0.15) is 0 Å². The summed E-state index contributed by atoms with van der Waals surface area (Å²) in [7, 11) is 0. The van der Waals surface area contributed by atoms with Crippen molar-refractivity contribution in [3.8, 4) is 0 Å². The second kappa shape index (κ2) is 5.84. The number of hydrogen-bond donors (Lipinski definition) is 2. The molecule has 0 aliphatic carbocycles. The Labute approximate surface area is 112 Å². The van der Waals surface area contributed by atoms with Gasteiger partial charge in [0.05, 0.1) is 6.20 Å². The highest BCUT2D eigenvalue weighted by Crippen LogP contribution is 2.09. The number of carbonyl (C=O) groups excluding carboxylic acids is 1. The van der Waals surface area contributed by atoms with Crippen LogP contribution in [0, 0.1) is 6.92 Å². The summed E-state index contributed by atoms with van der Waals surface area (Å²) >= 11 is 0. The Hall–Kier alpha value is -1.88. The van der Waals surface area contributed by atoms with Gasteiger partial charge in [0.2, 0.25) is 0 Å². The molecular formula is C14H19N3O2. The van der Waals surface area contributed by atoms with Crippen LogP contribution in [0.15, 0.2) is 24.5 Å². The normalized spacial score (nSPS) is 12.6. The zero-order valence-corrected chi connectivity index (χ0v) is 11.3. The van der Waals surface area contributed by atoms with Crippen LogP contribution < -0.4 is 5.32 Å². The van der Waals surface area contributed by atoms with E-state index >= 15 is 0 Å². The van der Waals surface area contributed by atoms with Crippen molar-refractivity contribution < 1.29 is 9.90 Å². The molecule has 0 saturated carbocycles. The van der Waals surface area contributed by atoms with E-state index in [2.05, 4.69) is 10.3 Å². The van der Waals surface area contributed by atoms with E-state index in [9.17, 15) is 4.79 Å². The second-order valence-corrected chi connectivity index (χ2v) is 4.82. The molecular weight excluding hydrogens is 242 g/mol. The van der Waals surface area contributed by atoms with Crippen LogP contribution in [0.3, 0.4) is 0 Å². The smallest absolute Gasteiger partial charge is 0.270 e. The Morgan fingerprint density at radius 1 is 1.53 bits per heavy atom. The lowest BCUT2D eigenvalue weighted by Gasteiger charge is -2.12. The molecule has 0 aliphatic rings. The Bertz CT molecular complexity index is 577. The molecule has 0 saturated heterocycles. The Morgan fingerprint density at radius 2 is 2.32 bits per heavy atom. The first-order chi connectivity index (χ1) is 9.11. The summed E-state index contributed by atoms with van der Waals surface area (Å²) < 4.78 is 1.80. The van der Waals surface area contributed by atoms with E-state index in [1.807, 2.05) is 32.2 Å². The fourth-order valence-corrected chi connectivity index (χ4v) is 2.02. The molecule has 0 aromatic carbocycles. The Morgan fingerprint density at radius 3 is 3.05 bits per heavy atom. The van der Waals surface area contributed by atoms with Crippen molar-refractivity contribution in [2.24, 2.45) is 0 Å². The van der Waals surface area contributed by atoms with E-state index in [-0.39, 0.29) is 18.6 Å². The number of pyridine rings is 1. The minimum Gasteiger partial charge on any atom is -0.396 e. The molecule has 1 unspecified atom stereocenters. The predicted octanol–water partition coefficient (Wildman–Crippen LogP) is 1.53. The third kappa shape index (κ3) is 3.12. The number of aromatic nitrogens is 2. The molecule has 102 valence electrons. The maximum absolute atomic E-state index is 12.2. The molecule has 2 aromatic heterocycles. The van der Waals surface area contributed by atoms with Crippen molar-refractivity contribution in [2.75, 3.05) is 6.61 Å². The van der Waals surface area contributed by atoms with Crippen molar-refractivity contribution in [2.45, 2.75) is 32.7 Å². The molecule has 1 atom stereocenters. The first-order valence-electron chi connectivity index (χ1n) is 6.47. The number of nitrogens with zero attached hydrogens (tertiary/aromatic N) is 2. The van der Waals surface area contributed by atoms with Gasteiger partial charge in [-0.25, -0.2) is 4.98 Å². The average Bonchev–Trinajstić information content (AvgIpc) is 2.79. The van der Waals surface area contributed by atoms with E-state index in [0.29, 0.717) is 12.1 Å². The third-order valence-corrected chi connectivity index (χ3v) is 3.06. The minimum atomic E-state index is -0.136. The molecule has 1 amide bonds. The Kier molecular flexibility index (Phi) is 4.16. The molecule has 2 rings (SSSR count). The highest BCUT2D eigenvalue weighted by Gasteiger charge is 2.14. The second-order valence-electron chi connectivity index (χ2n) is 4.82. The maximum atomic E-state index is 12.2. The number of aliphatic hydroxyl groups excluding tert-OH is 1. The molecule has 5 nitrogen and oxygen atoms in total. The van der Waals surface area contributed by atoms with Crippen LogP contribution in [0.5, 0.6) is 0 Å². The number of hydrogen-bond acceptors (Lipinski definition) is 3. The van der Waals surface area contributed by atoms with Gasteiger partial charge in [-0.1, -0.05) is 6.07 Å². The zero-order valence-electron chi connectivity index (χ0n) is 11.3. The van der Waals surface area contributed by atoms with Gasteiger partial charge < -0.3 is 10.4 Å². The van der Waals surface area contributed by atoms with Gasteiger partial charge in [-0.3, -0.25) is 9.20 Å². The lowest BCUT2D eigenvalue weighted by Crippen LogP contribution is -2.33. The van der Waals surface area contributed by atoms with E-state index in [1.165, 1.54) is 0 Å². The number of carbonyl (C=O) groups is 1. The van der Waals surface area contributed by atoms with Crippen LogP contribution in [0.1, 0.15) is 35.8 Å². The van der Waals surface area contributed by atoms with Crippen molar-refractivity contribution in [1.82, 2.24) is 14.7 Å². The molecule has 0 aliphatic heterocycles. The lowest BCUT2D eigenvalue weighted by molar-refractivity contribution is 0.0930. The van der Waals surface area contributed by atoms with Crippen LogP contribution in [0.25, 0.3) is 5.65 Å². The fourth-order valence-electron chi connectivity index (χ4n) is 2.02. The van der Waals surface area contributed by atoms with Crippen LogP contribution >= 0.6 is 0 Å². The van der Waals surface area contributed by atoms with Gasteiger partial charge in [-0.15, -0.1) is 0 Å². The summed E-state index contributed by atoms with van der Waals surface area (Å²) in [4.78, 5) is 16.4. The topological polar surface area (TPSA) is 66.6 Å². The highest BCUT2D eigenvalue weighted by molar-refractivity contribution is 5.93. The molecule has 0 bridgehead atoms. The summed E-state index contributed by atoms with van der Waals surface area (Å²) in [5.74, 6) is -0.136. The van der Waals surface area contributed by atoms with Gasteiger partial charge in [0, 0.05) is 18.8 Å². The molecule has 2 aromatic rings. The van der Waals surface area contributed by atoms with Crippen LogP contribution in [0.4, 0.5) is 0 Å². The molecule has 0 spiro atoms. The number of fused-ring (bicyclic) bond motifs is 1. The third-order valence-electron chi connectivity index (χ3n) is 3.06. The van der Waals surface area contributed by atoms with Crippen molar-refractivity contribution in [3.05, 3.63) is 35.8 Å². The number of rotatable bonds is 5. The molecule has 2 heterocycles. The fraction of sp³-hybridized carbons (Fsp3) is 0.429. The standard InChI is InChI=1S/C14H19N3O2/c1-10-5-6-13-15-8-12(17(13)9-10)14(19)16-11(2)4-3-7-18/h5-6,8-9,11,18H,3-4,7H2,1-2H3,(H,16,19). The van der Waals surface area contributed by atoms with Crippen LogP contribution in [-0.4, -0.2) is 33.0 Å². The first kappa shape index (κ1) is 13.5. The van der Waals surface area contributed by atoms with Gasteiger partial charge >= 0.3 is 0 Å². The summed E-state index contributed by atoms with van der Waals surface area (Å²) in [6.07, 6.45) is 4.93. The summed E-state index contributed by atoms with van der Waals surface area (Å²) in [6.45, 7) is 4.06. The van der Waals surface area contributed by atoms with E-state index in [1.54, 1.807) is 10.6 Å². The predicted molar refractivity (Wildman–Crippen MR) is 73.2 cm³/mol. The van der Waals surface area contributed by atoms with Crippen molar-refractivity contribution in [3.63, 3.8) is 0 Å². The van der Waals surface area contributed by atoms with E-state index in [4.69, 9.17) is 5.11 Å². The number of amides is 1. The van der Waals surface area contributed by atoms with Crippen LogP contribution in [-0.2, 0) is 0 Å². The molecule has 5 heteroatoms. The minimum absolute atomic E-state index is 0.0370. The van der Waals surface area contributed by atoms with Gasteiger partial charge in [0.1, 0.15) is 11.3 Å². The zero-order chi connectivity index (χ0) is 13.8. The molecule has 2 N–H and O–H groups in total. The lowest BCUT2D eigenvalue weighted by atomic mass is 10.2. The molecule has 19 heavy (non-hydrogen) atoms. The Balaban J connectivity index is 2.15. The van der Waals surface area contributed by atoms with Gasteiger partial charge in [0.25, 0.3) is 5.91 Å². The van der Waals surface area contributed by atoms with Crippen molar-refractivity contribution >= 4 is 11.6 Å². The van der Waals surface area contributed by atoms with Gasteiger partial charge in [0.15, 0.2) is 0 Å². The largest absolute Gasteiger partial charge is 0.396 e. The average molecular weight is 261 g/mol. The molecule has 0 radical (unpaired) electrons. The van der Waals surface area contributed by atoms with Crippen molar-refractivity contribution in [1.29, 1.82) is 0 Å². The number of nitrogens with one attached hydrogen (secondary N) is 1. The quantitative estimate of drug-likeness (QED) is 0.858. The van der Waals surface area contributed by atoms with E-state index in [0.717, 1.165) is 17.6 Å². The summed E-state index contributed by atoms with van der Waals surface area (Å²) in [5.41, 5.74) is 2.38. The SMILES string of the molecule is Cc1ccc2ncc(C(=O)NC(C)CCCO)n2c1. The summed E-state index contributed by atoms with van der Waals surface area (Å²) in [5, 5.41) is 11.7. The van der Waals surface area contributed by atoms with Gasteiger partial charge in [-0.05, 0) is 38.3 Å². The van der Waals surface area contributed by atoms with Crippen LogP contribution in [0.2, 0.25) is 0 Å². The van der Waals surface area contributed by atoms with E-state index < -0.39 is 0 Å². The summed E-state index contributed by atoms with van der Waals surface area (Å²) in [6, 6.07) is 3.89. The first-order valence-corrected chi connectivity index (χ1v) is 6.47. The number of imidazole rings is 1. The highest BCUT2D eigenvalue weighted by atomic mass is 16.3. The number of aliphatic hydroxyl groups is 1.